The van der Waals surface area contributed by atoms with Gasteiger partial charge in [0.2, 0.25) is 6.01 Å². The highest BCUT2D eigenvalue weighted by molar-refractivity contribution is 7.86. The lowest BCUT2D eigenvalue weighted by molar-refractivity contribution is 0.130. The number of hydrogen-bond donors (Lipinski definition) is 0. The zero-order valence-electron chi connectivity index (χ0n) is 20.0. The van der Waals surface area contributed by atoms with E-state index < -0.39 is 21.7 Å². The van der Waals surface area contributed by atoms with Crippen molar-refractivity contribution in [2.45, 2.75) is 12.0 Å². The molecule has 36 heavy (non-hydrogen) atoms. The Labute approximate surface area is 213 Å². The van der Waals surface area contributed by atoms with E-state index >= 15 is 0 Å². The third kappa shape index (κ3) is 5.90. The lowest BCUT2D eigenvalue weighted by Gasteiger charge is -2.46. The van der Waals surface area contributed by atoms with Crippen LogP contribution in [0.15, 0.2) is 121 Å². The van der Waals surface area contributed by atoms with Crippen LogP contribution in [0.25, 0.3) is 0 Å². The highest BCUT2D eigenvalue weighted by Crippen LogP contribution is 2.42. The summed E-state index contributed by atoms with van der Waals surface area (Å²) in [6.07, 6.45) is 0.741. The molecule has 0 spiro atoms. The molecule has 0 aliphatic carbocycles. The van der Waals surface area contributed by atoms with Gasteiger partial charge >= 0.3 is 0 Å². The average molecular weight is 504 g/mol. The molecule has 0 aliphatic rings. The van der Waals surface area contributed by atoms with Crippen LogP contribution in [0.3, 0.4) is 0 Å². The SMILES string of the molecule is O=S(=O)(CF)OCCN(CCc1ccccc1)C(c1ccccc1)(c1ccccc1)c1ccccc1. The first-order valence-electron chi connectivity index (χ1n) is 11.9. The molecule has 0 heterocycles. The van der Waals surface area contributed by atoms with Crippen molar-refractivity contribution in [3.8, 4) is 0 Å². The number of hydrogen-bond acceptors (Lipinski definition) is 4. The van der Waals surface area contributed by atoms with Gasteiger partial charge in [-0.3, -0.25) is 9.08 Å². The summed E-state index contributed by atoms with van der Waals surface area (Å²) in [4.78, 5) is 2.24. The van der Waals surface area contributed by atoms with Gasteiger partial charge in [-0.15, -0.1) is 0 Å². The molecule has 0 aromatic heterocycles. The molecule has 186 valence electrons. The third-order valence-corrected chi connectivity index (χ3v) is 7.11. The average Bonchev–Trinajstić information content (AvgIpc) is 2.94. The smallest absolute Gasteiger partial charge is 0.283 e. The number of halogens is 1. The van der Waals surface area contributed by atoms with E-state index in [-0.39, 0.29) is 13.2 Å². The maximum atomic E-state index is 13.0. The molecule has 0 atom stereocenters. The van der Waals surface area contributed by atoms with E-state index in [1.807, 2.05) is 72.8 Å². The molecule has 0 radical (unpaired) electrons. The van der Waals surface area contributed by atoms with E-state index in [1.165, 1.54) is 5.56 Å². The first kappa shape index (κ1) is 25.8. The number of alkyl halides is 1. The molecule has 0 fully saturated rings. The maximum Gasteiger partial charge on any atom is 0.297 e. The van der Waals surface area contributed by atoms with Gasteiger partial charge in [-0.05, 0) is 28.7 Å². The van der Waals surface area contributed by atoms with Crippen LogP contribution in [0, 0.1) is 0 Å². The summed E-state index contributed by atoms with van der Waals surface area (Å²) < 4.78 is 41.6. The minimum atomic E-state index is -4.21. The highest BCUT2D eigenvalue weighted by atomic mass is 32.2. The molecule has 4 aromatic rings. The zero-order chi connectivity index (χ0) is 25.3. The second-order valence-electron chi connectivity index (χ2n) is 8.52. The molecule has 0 saturated carbocycles. The molecule has 0 bridgehead atoms. The van der Waals surface area contributed by atoms with Crippen LogP contribution in [0.5, 0.6) is 0 Å². The second-order valence-corrected chi connectivity index (χ2v) is 10.1. The second kappa shape index (κ2) is 12.1. The van der Waals surface area contributed by atoms with Gasteiger partial charge in [-0.25, -0.2) is 4.39 Å². The Morgan fingerprint density at radius 1 is 0.639 bits per heavy atom. The van der Waals surface area contributed by atoms with E-state index in [2.05, 4.69) is 53.4 Å². The molecule has 4 rings (SSSR count). The molecule has 0 N–H and O–H groups in total. The Kier molecular flexibility index (Phi) is 8.65. The van der Waals surface area contributed by atoms with Gasteiger partial charge in [-0.1, -0.05) is 121 Å². The molecule has 6 heteroatoms. The van der Waals surface area contributed by atoms with Gasteiger partial charge in [0.25, 0.3) is 10.1 Å². The largest absolute Gasteiger partial charge is 0.297 e. The van der Waals surface area contributed by atoms with Gasteiger partial charge in [-0.2, -0.15) is 8.42 Å². The van der Waals surface area contributed by atoms with Crippen LogP contribution in [-0.4, -0.2) is 39.0 Å². The standard InChI is InChI=1S/C30H30FNO3S/c31-25-36(33,34)35-24-23-32(22-21-26-13-5-1-6-14-26)30(27-15-7-2-8-16-27,28-17-9-3-10-18-28)29-19-11-4-12-20-29/h1-20H,21-25H2. The first-order chi connectivity index (χ1) is 17.6. The van der Waals surface area contributed by atoms with E-state index in [1.54, 1.807) is 0 Å². The molecule has 0 amide bonds. The molecule has 0 unspecified atom stereocenters. The van der Waals surface area contributed by atoms with Crippen molar-refractivity contribution in [3.05, 3.63) is 144 Å². The number of benzene rings is 4. The molecular weight excluding hydrogens is 473 g/mol. The molecule has 4 nitrogen and oxygen atoms in total. The fourth-order valence-electron chi connectivity index (χ4n) is 4.75. The van der Waals surface area contributed by atoms with E-state index in [0.717, 1.165) is 23.1 Å². The number of nitrogens with zero attached hydrogens (tertiary/aromatic N) is 1. The van der Waals surface area contributed by atoms with Crippen molar-refractivity contribution in [2.24, 2.45) is 0 Å². The Morgan fingerprint density at radius 2 is 1.06 bits per heavy atom. The van der Waals surface area contributed by atoms with Gasteiger partial charge < -0.3 is 0 Å². The highest BCUT2D eigenvalue weighted by Gasteiger charge is 2.41. The Morgan fingerprint density at radius 3 is 1.47 bits per heavy atom. The predicted octanol–water partition coefficient (Wildman–Crippen LogP) is 5.80. The van der Waals surface area contributed by atoms with Crippen LogP contribution in [0.1, 0.15) is 22.3 Å². The van der Waals surface area contributed by atoms with Crippen molar-refractivity contribution >= 4 is 10.1 Å². The topological polar surface area (TPSA) is 46.6 Å². The van der Waals surface area contributed by atoms with Gasteiger partial charge in [0.15, 0.2) is 0 Å². The summed E-state index contributed by atoms with van der Waals surface area (Å²) >= 11 is 0. The lowest BCUT2D eigenvalue weighted by atomic mass is 9.75. The molecule has 4 aromatic carbocycles. The van der Waals surface area contributed by atoms with E-state index in [9.17, 15) is 12.8 Å². The van der Waals surface area contributed by atoms with Crippen LogP contribution < -0.4 is 0 Å². The molecule has 0 saturated heterocycles. The minimum absolute atomic E-state index is 0.157. The summed E-state index contributed by atoms with van der Waals surface area (Å²) in [6.45, 7) is 0.724. The lowest BCUT2D eigenvalue weighted by Crippen LogP contribution is -2.50. The van der Waals surface area contributed by atoms with Gasteiger partial charge in [0.05, 0.1) is 12.1 Å². The fourth-order valence-corrected chi connectivity index (χ4v) is 5.14. The van der Waals surface area contributed by atoms with Crippen LogP contribution in [0.2, 0.25) is 0 Å². The Hall–Kier alpha value is -3.32. The summed E-state index contributed by atoms with van der Waals surface area (Å²) in [5, 5.41) is 0. The van der Waals surface area contributed by atoms with Crippen molar-refractivity contribution in [1.29, 1.82) is 0 Å². The Bertz CT molecular complexity index is 1210. The first-order valence-corrected chi connectivity index (χ1v) is 13.5. The van der Waals surface area contributed by atoms with Crippen molar-refractivity contribution in [3.63, 3.8) is 0 Å². The summed E-state index contributed by atoms with van der Waals surface area (Å²) in [6, 6.07) is 39.2. The number of rotatable bonds is 12. The van der Waals surface area contributed by atoms with E-state index in [0.29, 0.717) is 6.54 Å². The van der Waals surface area contributed by atoms with Crippen LogP contribution >= 0.6 is 0 Å². The molecular formula is C30H30FNO3S. The fraction of sp³-hybridized carbons (Fsp3) is 0.200. The minimum Gasteiger partial charge on any atom is -0.283 e. The summed E-state index contributed by atoms with van der Waals surface area (Å²) in [5.74, 6) is 0. The van der Waals surface area contributed by atoms with Gasteiger partial charge in [0, 0.05) is 13.1 Å². The van der Waals surface area contributed by atoms with Crippen molar-refractivity contribution in [2.75, 3.05) is 25.7 Å². The molecule has 0 aliphatic heterocycles. The Balaban J connectivity index is 1.87. The summed E-state index contributed by atoms with van der Waals surface area (Å²) in [5.41, 5.74) is 3.57. The van der Waals surface area contributed by atoms with Crippen LogP contribution in [0.4, 0.5) is 4.39 Å². The van der Waals surface area contributed by atoms with Crippen LogP contribution in [-0.2, 0) is 26.3 Å². The van der Waals surface area contributed by atoms with E-state index in [4.69, 9.17) is 4.18 Å². The maximum absolute atomic E-state index is 13.0. The summed E-state index contributed by atoms with van der Waals surface area (Å²) in [7, 11) is -4.21. The van der Waals surface area contributed by atoms with Crippen molar-refractivity contribution in [1.82, 2.24) is 4.90 Å². The van der Waals surface area contributed by atoms with Crippen molar-refractivity contribution < 1.29 is 17.0 Å². The normalized spacial score (nSPS) is 12.1. The zero-order valence-corrected chi connectivity index (χ0v) is 20.9. The third-order valence-electron chi connectivity index (χ3n) is 6.32. The quantitative estimate of drug-likeness (QED) is 0.181. The monoisotopic (exact) mass is 503 g/mol. The van der Waals surface area contributed by atoms with Gasteiger partial charge in [0.1, 0.15) is 0 Å². The predicted molar refractivity (Wildman–Crippen MR) is 142 cm³/mol.